The van der Waals surface area contributed by atoms with Crippen molar-refractivity contribution in [3.63, 3.8) is 0 Å². The van der Waals surface area contributed by atoms with Crippen molar-refractivity contribution in [1.29, 1.82) is 0 Å². The molecule has 13 heavy (non-hydrogen) atoms. The number of anilines is 2. The van der Waals surface area contributed by atoms with Crippen LogP contribution in [0.3, 0.4) is 0 Å². The van der Waals surface area contributed by atoms with E-state index in [0.29, 0.717) is 10.8 Å². The third-order valence-electron chi connectivity index (χ3n) is 1.98. The molecule has 0 aromatic carbocycles. The highest BCUT2D eigenvalue weighted by Gasteiger charge is 2.06. The second-order valence-electron chi connectivity index (χ2n) is 2.74. The van der Waals surface area contributed by atoms with Gasteiger partial charge in [-0.25, -0.2) is 4.98 Å². The monoisotopic (exact) mass is 199 g/mol. The van der Waals surface area contributed by atoms with Crippen LogP contribution in [0.4, 0.5) is 11.4 Å². The molecule has 0 saturated heterocycles. The lowest BCUT2D eigenvalue weighted by atomic mass is 10.3. The Bertz CT molecular complexity index is 284. The smallest absolute Gasteiger partial charge is 0.131 e. The van der Waals surface area contributed by atoms with Crippen molar-refractivity contribution in [3.8, 4) is 0 Å². The van der Waals surface area contributed by atoms with Crippen LogP contribution in [0.5, 0.6) is 0 Å². The van der Waals surface area contributed by atoms with Crippen LogP contribution in [0.2, 0.25) is 5.15 Å². The lowest BCUT2D eigenvalue weighted by molar-refractivity contribution is 0.866. The molecule has 0 aliphatic heterocycles. The number of pyridine rings is 1. The Morgan fingerprint density at radius 1 is 1.46 bits per heavy atom. The van der Waals surface area contributed by atoms with E-state index in [4.69, 9.17) is 17.3 Å². The third-order valence-corrected chi connectivity index (χ3v) is 2.19. The fraction of sp³-hybridized carbons (Fsp3) is 0.444. The zero-order valence-electron chi connectivity index (χ0n) is 7.92. The predicted octanol–water partition coefficient (Wildman–Crippen LogP) is 2.16. The van der Waals surface area contributed by atoms with E-state index in [1.807, 2.05) is 0 Å². The largest absolute Gasteiger partial charge is 0.396 e. The average molecular weight is 200 g/mol. The summed E-state index contributed by atoms with van der Waals surface area (Å²) in [5, 5.41) is 0.483. The number of nitrogen functional groups attached to an aromatic ring is 1. The molecule has 1 aromatic heterocycles. The first-order chi connectivity index (χ1) is 6.19. The Kier molecular flexibility index (Phi) is 3.37. The quantitative estimate of drug-likeness (QED) is 0.759. The second-order valence-corrected chi connectivity index (χ2v) is 3.13. The Morgan fingerprint density at radius 2 is 2.08 bits per heavy atom. The van der Waals surface area contributed by atoms with Crippen LogP contribution >= 0.6 is 11.6 Å². The summed E-state index contributed by atoms with van der Waals surface area (Å²) < 4.78 is 0. The standard InChI is InChI=1S/C9H14ClN3/c1-3-13(4-2)8-5-9(10)12-6-7(8)11/h5-6H,3-4,11H2,1-2H3. The summed E-state index contributed by atoms with van der Waals surface area (Å²) in [6, 6.07) is 1.80. The normalized spacial score (nSPS) is 10.1. The molecule has 1 aromatic rings. The minimum absolute atomic E-state index is 0.483. The van der Waals surface area contributed by atoms with Gasteiger partial charge in [-0.1, -0.05) is 11.6 Å². The van der Waals surface area contributed by atoms with Gasteiger partial charge < -0.3 is 10.6 Å². The summed E-state index contributed by atoms with van der Waals surface area (Å²) in [6.45, 7) is 6.00. The zero-order valence-corrected chi connectivity index (χ0v) is 8.67. The Hall–Kier alpha value is -0.960. The van der Waals surface area contributed by atoms with Crippen molar-refractivity contribution in [1.82, 2.24) is 4.98 Å². The second kappa shape index (κ2) is 4.33. The summed E-state index contributed by atoms with van der Waals surface area (Å²) in [6.07, 6.45) is 1.59. The van der Waals surface area contributed by atoms with Gasteiger partial charge in [0.15, 0.2) is 0 Å². The fourth-order valence-corrected chi connectivity index (χ4v) is 1.42. The number of aromatic nitrogens is 1. The third kappa shape index (κ3) is 2.25. The molecule has 1 rings (SSSR count). The molecule has 0 fully saturated rings. The molecule has 0 radical (unpaired) electrons. The van der Waals surface area contributed by atoms with Crippen LogP contribution in [0.15, 0.2) is 12.3 Å². The number of halogens is 1. The van der Waals surface area contributed by atoms with E-state index in [0.717, 1.165) is 18.8 Å². The molecular weight excluding hydrogens is 186 g/mol. The highest BCUT2D eigenvalue weighted by atomic mass is 35.5. The first kappa shape index (κ1) is 10.1. The van der Waals surface area contributed by atoms with E-state index in [2.05, 4.69) is 23.7 Å². The maximum atomic E-state index is 5.78. The molecule has 0 unspecified atom stereocenters. The molecule has 72 valence electrons. The Morgan fingerprint density at radius 3 is 2.62 bits per heavy atom. The van der Waals surface area contributed by atoms with Gasteiger partial charge in [-0.15, -0.1) is 0 Å². The topological polar surface area (TPSA) is 42.2 Å². The summed E-state index contributed by atoms with van der Waals surface area (Å²) in [5.74, 6) is 0. The summed E-state index contributed by atoms with van der Waals surface area (Å²) in [4.78, 5) is 6.05. The first-order valence-electron chi connectivity index (χ1n) is 4.35. The van der Waals surface area contributed by atoms with Crippen molar-refractivity contribution in [2.45, 2.75) is 13.8 Å². The maximum Gasteiger partial charge on any atom is 0.131 e. The van der Waals surface area contributed by atoms with Gasteiger partial charge in [0.25, 0.3) is 0 Å². The first-order valence-corrected chi connectivity index (χ1v) is 4.72. The molecule has 0 bridgehead atoms. The van der Waals surface area contributed by atoms with E-state index < -0.39 is 0 Å². The zero-order chi connectivity index (χ0) is 9.84. The summed E-state index contributed by atoms with van der Waals surface area (Å²) in [5.41, 5.74) is 7.42. The van der Waals surface area contributed by atoms with E-state index >= 15 is 0 Å². The van der Waals surface area contributed by atoms with Crippen LogP contribution < -0.4 is 10.6 Å². The van der Waals surface area contributed by atoms with Crippen molar-refractivity contribution in [3.05, 3.63) is 17.4 Å². The van der Waals surface area contributed by atoms with Crippen LogP contribution in [0.1, 0.15) is 13.8 Å². The van der Waals surface area contributed by atoms with Crippen molar-refractivity contribution >= 4 is 23.0 Å². The molecule has 0 saturated carbocycles. The fourth-order valence-electron chi connectivity index (χ4n) is 1.27. The van der Waals surface area contributed by atoms with Crippen LogP contribution in [-0.4, -0.2) is 18.1 Å². The van der Waals surface area contributed by atoms with Crippen molar-refractivity contribution in [2.75, 3.05) is 23.7 Å². The van der Waals surface area contributed by atoms with E-state index in [1.54, 1.807) is 12.3 Å². The molecule has 0 amide bonds. The molecule has 0 aliphatic carbocycles. The number of hydrogen-bond donors (Lipinski definition) is 1. The highest BCUT2D eigenvalue weighted by Crippen LogP contribution is 2.24. The van der Waals surface area contributed by atoms with Gasteiger partial charge in [0, 0.05) is 19.2 Å². The van der Waals surface area contributed by atoms with Gasteiger partial charge in [0.1, 0.15) is 5.15 Å². The molecule has 0 spiro atoms. The SMILES string of the molecule is CCN(CC)c1cc(Cl)ncc1N. The molecule has 2 N–H and O–H groups in total. The molecule has 4 heteroatoms. The minimum atomic E-state index is 0.483. The summed E-state index contributed by atoms with van der Waals surface area (Å²) in [7, 11) is 0. The lowest BCUT2D eigenvalue weighted by Gasteiger charge is -2.22. The van der Waals surface area contributed by atoms with Crippen LogP contribution in [0, 0.1) is 0 Å². The minimum Gasteiger partial charge on any atom is -0.396 e. The molecule has 1 heterocycles. The van der Waals surface area contributed by atoms with Gasteiger partial charge in [-0.3, -0.25) is 0 Å². The lowest BCUT2D eigenvalue weighted by Crippen LogP contribution is -2.23. The molecule has 3 nitrogen and oxygen atoms in total. The number of nitrogens with two attached hydrogens (primary N) is 1. The van der Waals surface area contributed by atoms with Gasteiger partial charge in [-0.05, 0) is 13.8 Å². The summed E-state index contributed by atoms with van der Waals surface area (Å²) >= 11 is 5.78. The van der Waals surface area contributed by atoms with Gasteiger partial charge in [0.2, 0.25) is 0 Å². The number of hydrogen-bond acceptors (Lipinski definition) is 3. The maximum absolute atomic E-state index is 5.78. The van der Waals surface area contributed by atoms with Gasteiger partial charge in [-0.2, -0.15) is 0 Å². The number of rotatable bonds is 3. The van der Waals surface area contributed by atoms with Crippen LogP contribution in [0.25, 0.3) is 0 Å². The van der Waals surface area contributed by atoms with Gasteiger partial charge >= 0.3 is 0 Å². The number of nitrogens with zero attached hydrogens (tertiary/aromatic N) is 2. The van der Waals surface area contributed by atoms with Crippen LogP contribution in [-0.2, 0) is 0 Å². The highest BCUT2D eigenvalue weighted by molar-refractivity contribution is 6.29. The van der Waals surface area contributed by atoms with E-state index in [1.165, 1.54) is 0 Å². The average Bonchev–Trinajstić information content (AvgIpc) is 2.13. The van der Waals surface area contributed by atoms with E-state index in [-0.39, 0.29) is 0 Å². The molecular formula is C9H14ClN3. The van der Waals surface area contributed by atoms with E-state index in [9.17, 15) is 0 Å². The van der Waals surface area contributed by atoms with Crippen molar-refractivity contribution in [2.24, 2.45) is 0 Å². The molecule has 0 atom stereocenters. The van der Waals surface area contributed by atoms with Crippen molar-refractivity contribution < 1.29 is 0 Å². The molecule has 0 aliphatic rings. The Balaban J connectivity index is 3.03. The van der Waals surface area contributed by atoms with Gasteiger partial charge in [0.05, 0.1) is 17.6 Å². The Labute approximate surface area is 83.5 Å². The predicted molar refractivity (Wildman–Crippen MR) is 57.2 cm³/mol.